The van der Waals surface area contributed by atoms with Crippen LogP contribution in [0.15, 0.2) is 12.3 Å². The first-order valence-corrected chi connectivity index (χ1v) is 6.67. The molecule has 0 atom stereocenters. The van der Waals surface area contributed by atoms with E-state index in [1.807, 2.05) is 17.9 Å². The van der Waals surface area contributed by atoms with Crippen LogP contribution in [0.1, 0.15) is 12.1 Å². The number of esters is 1. The molecule has 0 aliphatic carbocycles. The molecule has 0 saturated carbocycles. The zero-order chi connectivity index (χ0) is 13.7. The van der Waals surface area contributed by atoms with Crippen LogP contribution >= 0.6 is 0 Å². The predicted octanol–water partition coefficient (Wildman–Crippen LogP) is 0.101. The van der Waals surface area contributed by atoms with Gasteiger partial charge in [0, 0.05) is 52.5 Å². The lowest BCUT2D eigenvalue weighted by Gasteiger charge is -2.34. The van der Waals surface area contributed by atoms with Gasteiger partial charge in [0.2, 0.25) is 0 Å². The van der Waals surface area contributed by atoms with Crippen molar-refractivity contribution in [2.45, 2.75) is 13.0 Å². The Morgan fingerprint density at radius 3 is 2.58 bits per heavy atom. The van der Waals surface area contributed by atoms with Gasteiger partial charge in [-0.1, -0.05) is 0 Å². The third-order valence-electron chi connectivity index (χ3n) is 3.48. The van der Waals surface area contributed by atoms with Crippen molar-refractivity contribution in [3.05, 3.63) is 18.0 Å². The monoisotopic (exact) mass is 266 g/mol. The van der Waals surface area contributed by atoms with E-state index in [1.54, 1.807) is 0 Å². The summed E-state index contributed by atoms with van der Waals surface area (Å²) < 4.78 is 6.49. The number of nitrogens with zero attached hydrogens (tertiary/aromatic N) is 4. The number of hydrogen-bond donors (Lipinski definition) is 0. The van der Waals surface area contributed by atoms with Crippen molar-refractivity contribution < 1.29 is 9.53 Å². The van der Waals surface area contributed by atoms with E-state index in [4.69, 9.17) is 0 Å². The second kappa shape index (κ2) is 6.68. The molecule has 1 aromatic heterocycles. The van der Waals surface area contributed by atoms with E-state index in [2.05, 4.69) is 25.7 Å². The van der Waals surface area contributed by atoms with Gasteiger partial charge in [-0.3, -0.25) is 14.4 Å². The zero-order valence-electron chi connectivity index (χ0n) is 11.7. The fourth-order valence-electron chi connectivity index (χ4n) is 2.30. The number of hydrogen-bond acceptors (Lipinski definition) is 5. The molecule has 19 heavy (non-hydrogen) atoms. The van der Waals surface area contributed by atoms with E-state index in [-0.39, 0.29) is 5.97 Å². The average molecular weight is 266 g/mol. The van der Waals surface area contributed by atoms with Gasteiger partial charge >= 0.3 is 5.97 Å². The van der Waals surface area contributed by atoms with Crippen molar-refractivity contribution in [1.29, 1.82) is 0 Å². The first-order chi connectivity index (χ1) is 9.17. The van der Waals surface area contributed by atoms with Gasteiger partial charge in [-0.2, -0.15) is 5.10 Å². The zero-order valence-corrected chi connectivity index (χ0v) is 11.7. The first-order valence-electron chi connectivity index (χ1n) is 6.67. The molecule has 2 heterocycles. The van der Waals surface area contributed by atoms with Gasteiger partial charge < -0.3 is 9.64 Å². The molecule has 0 aromatic carbocycles. The topological polar surface area (TPSA) is 50.6 Å². The molecule has 0 bridgehead atoms. The lowest BCUT2D eigenvalue weighted by atomic mass is 10.2. The molecule has 1 aliphatic heterocycles. The Morgan fingerprint density at radius 1 is 1.32 bits per heavy atom. The molecule has 0 amide bonds. The van der Waals surface area contributed by atoms with Crippen molar-refractivity contribution in [3.8, 4) is 0 Å². The summed E-state index contributed by atoms with van der Waals surface area (Å²) in [7, 11) is 3.38. The Hall–Kier alpha value is -1.40. The van der Waals surface area contributed by atoms with Crippen LogP contribution in [0.25, 0.3) is 0 Å². The average Bonchev–Trinajstić information content (AvgIpc) is 2.83. The van der Waals surface area contributed by atoms with Crippen LogP contribution in [0.3, 0.4) is 0 Å². The predicted molar refractivity (Wildman–Crippen MR) is 71.6 cm³/mol. The molecule has 1 saturated heterocycles. The lowest BCUT2D eigenvalue weighted by Crippen LogP contribution is -2.46. The highest BCUT2D eigenvalue weighted by Gasteiger charge is 2.18. The second-order valence-corrected chi connectivity index (χ2v) is 4.92. The van der Waals surface area contributed by atoms with Gasteiger partial charge in [-0.15, -0.1) is 0 Å². The largest absolute Gasteiger partial charge is 0.469 e. The molecule has 6 nitrogen and oxygen atoms in total. The molecule has 2 rings (SSSR count). The number of carbonyl (C=O) groups is 1. The van der Waals surface area contributed by atoms with Crippen LogP contribution in [0.2, 0.25) is 0 Å². The van der Waals surface area contributed by atoms with E-state index in [9.17, 15) is 4.79 Å². The second-order valence-electron chi connectivity index (χ2n) is 4.92. The number of methoxy groups -OCH3 is 1. The maximum absolute atomic E-state index is 11.1. The molecule has 1 aliphatic rings. The Bertz CT molecular complexity index is 411. The van der Waals surface area contributed by atoms with Crippen molar-refractivity contribution in [1.82, 2.24) is 19.6 Å². The minimum absolute atomic E-state index is 0.129. The number of ether oxygens (including phenoxy) is 1. The maximum Gasteiger partial charge on any atom is 0.306 e. The molecule has 0 unspecified atom stereocenters. The van der Waals surface area contributed by atoms with Crippen LogP contribution in [-0.4, -0.2) is 65.4 Å². The first kappa shape index (κ1) is 14.0. The number of rotatable bonds is 5. The van der Waals surface area contributed by atoms with Gasteiger partial charge in [0.15, 0.2) is 0 Å². The Balaban J connectivity index is 1.69. The van der Waals surface area contributed by atoms with Crippen molar-refractivity contribution >= 4 is 5.97 Å². The summed E-state index contributed by atoms with van der Waals surface area (Å²) in [4.78, 5) is 15.8. The Kier molecular flexibility index (Phi) is 4.93. The van der Waals surface area contributed by atoms with Crippen LogP contribution in [0, 0.1) is 0 Å². The molecule has 6 heteroatoms. The summed E-state index contributed by atoms with van der Waals surface area (Å²) in [6.07, 6.45) is 2.46. The minimum Gasteiger partial charge on any atom is -0.469 e. The highest BCUT2D eigenvalue weighted by molar-refractivity contribution is 5.69. The van der Waals surface area contributed by atoms with E-state index in [1.165, 1.54) is 7.11 Å². The van der Waals surface area contributed by atoms with Gasteiger partial charge in [0.05, 0.1) is 19.2 Å². The number of carbonyl (C=O) groups excluding carboxylic acids is 1. The third-order valence-corrected chi connectivity index (χ3v) is 3.48. The molecule has 0 radical (unpaired) electrons. The maximum atomic E-state index is 11.1. The molecule has 0 spiro atoms. The Labute approximate surface area is 113 Å². The number of aryl methyl sites for hydroxylation is 1. The van der Waals surface area contributed by atoms with Crippen molar-refractivity contribution in [2.75, 3.05) is 39.8 Å². The van der Waals surface area contributed by atoms with E-state index in [0.717, 1.165) is 45.0 Å². The van der Waals surface area contributed by atoms with E-state index >= 15 is 0 Å². The number of piperazine rings is 1. The highest BCUT2D eigenvalue weighted by Crippen LogP contribution is 2.07. The quantitative estimate of drug-likeness (QED) is 0.708. The SMILES string of the molecule is COC(=O)CCN1CCN(Cc2ccn(C)n2)CC1. The van der Waals surface area contributed by atoms with Crippen LogP contribution in [0.5, 0.6) is 0 Å². The summed E-state index contributed by atoms with van der Waals surface area (Å²) in [6.45, 7) is 5.76. The normalized spacial score (nSPS) is 17.6. The fourth-order valence-corrected chi connectivity index (χ4v) is 2.30. The van der Waals surface area contributed by atoms with Crippen molar-refractivity contribution in [3.63, 3.8) is 0 Å². The van der Waals surface area contributed by atoms with Crippen LogP contribution in [-0.2, 0) is 23.1 Å². The highest BCUT2D eigenvalue weighted by atomic mass is 16.5. The summed E-state index contributed by atoms with van der Waals surface area (Å²) in [5, 5.41) is 4.39. The Morgan fingerprint density at radius 2 is 2.00 bits per heavy atom. The molecule has 1 aromatic rings. The summed E-state index contributed by atoms with van der Waals surface area (Å²) in [5.74, 6) is -0.129. The van der Waals surface area contributed by atoms with Crippen LogP contribution < -0.4 is 0 Å². The standard InChI is InChI=1S/C13H22N4O2/c1-15-5-3-12(14-15)11-17-9-7-16(8-10-17)6-4-13(18)19-2/h3,5H,4,6-11H2,1-2H3. The van der Waals surface area contributed by atoms with Gasteiger partial charge in [0.25, 0.3) is 0 Å². The summed E-state index contributed by atoms with van der Waals surface area (Å²) in [6, 6.07) is 2.06. The molecular weight excluding hydrogens is 244 g/mol. The summed E-state index contributed by atoms with van der Waals surface area (Å²) in [5.41, 5.74) is 1.12. The molecule has 0 N–H and O–H groups in total. The van der Waals surface area contributed by atoms with Gasteiger partial charge in [-0.05, 0) is 6.07 Å². The van der Waals surface area contributed by atoms with Gasteiger partial charge in [-0.25, -0.2) is 0 Å². The van der Waals surface area contributed by atoms with E-state index < -0.39 is 0 Å². The fraction of sp³-hybridized carbons (Fsp3) is 0.692. The minimum atomic E-state index is -0.129. The molecule has 1 fully saturated rings. The van der Waals surface area contributed by atoms with Gasteiger partial charge in [0.1, 0.15) is 0 Å². The van der Waals surface area contributed by atoms with E-state index in [0.29, 0.717) is 6.42 Å². The smallest absolute Gasteiger partial charge is 0.306 e. The lowest BCUT2D eigenvalue weighted by molar-refractivity contribution is -0.141. The summed E-state index contributed by atoms with van der Waals surface area (Å²) >= 11 is 0. The van der Waals surface area contributed by atoms with Crippen molar-refractivity contribution in [2.24, 2.45) is 7.05 Å². The molecule has 106 valence electrons. The third kappa shape index (κ3) is 4.33. The number of aromatic nitrogens is 2. The molecular formula is C13H22N4O2. The van der Waals surface area contributed by atoms with Crippen LogP contribution in [0.4, 0.5) is 0 Å².